The van der Waals surface area contributed by atoms with Crippen molar-refractivity contribution >= 4 is 35.5 Å². The van der Waals surface area contributed by atoms with Gasteiger partial charge in [0.2, 0.25) is 0 Å². The van der Waals surface area contributed by atoms with Gasteiger partial charge in [-0.1, -0.05) is 0 Å². The summed E-state index contributed by atoms with van der Waals surface area (Å²) in [7, 11) is 0. The first-order valence-corrected chi connectivity index (χ1v) is 8.06. The Bertz CT molecular complexity index is 228. The largest absolute Gasteiger partial charge is 0.391 e. The topological polar surface area (TPSA) is 95.4 Å². The first-order chi connectivity index (χ1) is 8.02. The van der Waals surface area contributed by atoms with Crippen molar-refractivity contribution in [3.05, 3.63) is 0 Å². The van der Waals surface area contributed by atoms with E-state index in [0.717, 1.165) is 11.5 Å². The molecular weight excluding hydrogens is 260 g/mol. The summed E-state index contributed by atoms with van der Waals surface area (Å²) >= 11 is 3.17. The normalized spacial score (nSPS) is 14.1. The average Bonchev–Trinajstić information content (AvgIpc) is 2.32. The van der Waals surface area contributed by atoms with E-state index in [0.29, 0.717) is 12.8 Å². The summed E-state index contributed by atoms with van der Waals surface area (Å²) in [6, 6.07) is -1.50. The third kappa shape index (κ3) is 7.64. The SMILES string of the molecule is CSCC[C@@H](N)C(=O)OC(=O)[C@H](N)CCSC. The Hall–Kier alpha value is -0.240. The molecule has 0 aromatic carbocycles. The van der Waals surface area contributed by atoms with Gasteiger partial charge in [-0.3, -0.25) is 0 Å². The fourth-order valence-corrected chi connectivity index (χ4v) is 1.96. The van der Waals surface area contributed by atoms with Crippen LogP contribution in [0, 0.1) is 0 Å². The zero-order valence-corrected chi connectivity index (χ0v) is 11.8. The number of carbonyl (C=O) groups excluding carboxylic acids is 2. The molecule has 0 aromatic rings. The van der Waals surface area contributed by atoms with Crippen molar-refractivity contribution in [1.29, 1.82) is 0 Å². The standard InChI is InChI=1S/C10H20N2O3S2/c1-16-5-3-7(11)9(13)15-10(14)8(12)4-6-17-2/h7-8H,3-6,11-12H2,1-2H3/t7-,8-/m1/s1. The molecular formula is C10H20N2O3S2. The number of thioether (sulfide) groups is 2. The minimum absolute atomic E-state index is 0.493. The highest BCUT2D eigenvalue weighted by Crippen LogP contribution is 2.03. The first kappa shape index (κ1) is 16.8. The van der Waals surface area contributed by atoms with Crippen molar-refractivity contribution in [2.75, 3.05) is 24.0 Å². The van der Waals surface area contributed by atoms with Gasteiger partial charge in [0.15, 0.2) is 0 Å². The van der Waals surface area contributed by atoms with E-state index in [1.807, 2.05) is 12.5 Å². The second-order valence-electron chi connectivity index (χ2n) is 3.52. The third-order valence-corrected chi connectivity index (χ3v) is 3.36. The van der Waals surface area contributed by atoms with Gasteiger partial charge in [0, 0.05) is 0 Å². The molecule has 5 nitrogen and oxygen atoms in total. The van der Waals surface area contributed by atoms with Crippen LogP contribution < -0.4 is 11.5 Å². The van der Waals surface area contributed by atoms with Crippen LogP contribution in [0.4, 0.5) is 0 Å². The second-order valence-corrected chi connectivity index (χ2v) is 5.49. The molecule has 0 bridgehead atoms. The van der Waals surface area contributed by atoms with E-state index in [1.165, 1.54) is 0 Å². The van der Waals surface area contributed by atoms with Gasteiger partial charge < -0.3 is 16.2 Å². The van der Waals surface area contributed by atoms with E-state index >= 15 is 0 Å². The van der Waals surface area contributed by atoms with E-state index in [4.69, 9.17) is 11.5 Å². The minimum atomic E-state index is -0.751. The molecule has 0 fully saturated rings. The lowest BCUT2D eigenvalue weighted by molar-refractivity contribution is -0.161. The van der Waals surface area contributed by atoms with Gasteiger partial charge in [-0.2, -0.15) is 23.5 Å². The molecule has 0 aliphatic rings. The summed E-state index contributed by atoms with van der Waals surface area (Å²) in [6.45, 7) is 0. The Morgan fingerprint density at radius 1 is 1.00 bits per heavy atom. The summed E-state index contributed by atoms with van der Waals surface area (Å²) in [5.41, 5.74) is 11.1. The van der Waals surface area contributed by atoms with Crippen LogP contribution in [0.1, 0.15) is 12.8 Å². The summed E-state index contributed by atoms with van der Waals surface area (Å²) in [6.07, 6.45) is 4.82. The fourth-order valence-electron chi connectivity index (χ4n) is 0.976. The lowest BCUT2D eigenvalue weighted by Gasteiger charge is -2.12. The van der Waals surface area contributed by atoms with E-state index in [2.05, 4.69) is 4.74 Å². The Labute approximate surface area is 110 Å². The predicted octanol–water partition coefficient (Wildman–Crippen LogP) is 0.217. The maximum Gasteiger partial charge on any atom is 0.330 e. The molecule has 17 heavy (non-hydrogen) atoms. The average molecular weight is 280 g/mol. The van der Waals surface area contributed by atoms with Gasteiger partial charge in [0.05, 0.1) is 0 Å². The summed E-state index contributed by atoms with van der Waals surface area (Å²) < 4.78 is 4.62. The maximum absolute atomic E-state index is 11.4. The van der Waals surface area contributed by atoms with Crippen LogP contribution in [0.15, 0.2) is 0 Å². The molecule has 0 unspecified atom stereocenters. The van der Waals surface area contributed by atoms with E-state index in [1.54, 1.807) is 23.5 Å². The summed E-state index contributed by atoms with van der Waals surface area (Å²) in [4.78, 5) is 22.8. The third-order valence-electron chi connectivity index (χ3n) is 2.07. The van der Waals surface area contributed by atoms with E-state index in [-0.39, 0.29) is 0 Å². The number of carbonyl (C=O) groups is 2. The maximum atomic E-state index is 11.4. The monoisotopic (exact) mass is 280 g/mol. The summed E-state index contributed by atoms with van der Waals surface area (Å²) in [5, 5.41) is 0. The molecule has 0 aromatic heterocycles. The zero-order valence-electron chi connectivity index (χ0n) is 10.2. The Morgan fingerprint density at radius 3 is 1.65 bits per heavy atom. The fraction of sp³-hybridized carbons (Fsp3) is 0.800. The quantitative estimate of drug-likeness (QED) is 0.485. The van der Waals surface area contributed by atoms with Crippen LogP contribution in [-0.2, 0) is 14.3 Å². The molecule has 4 N–H and O–H groups in total. The van der Waals surface area contributed by atoms with Gasteiger partial charge in [0.1, 0.15) is 12.1 Å². The van der Waals surface area contributed by atoms with Crippen molar-refractivity contribution in [3.63, 3.8) is 0 Å². The lowest BCUT2D eigenvalue weighted by atomic mass is 10.2. The molecule has 0 spiro atoms. The molecule has 0 radical (unpaired) electrons. The molecule has 7 heteroatoms. The van der Waals surface area contributed by atoms with Crippen LogP contribution in [-0.4, -0.2) is 48.0 Å². The molecule has 0 aliphatic carbocycles. The molecule has 0 aliphatic heterocycles. The number of rotatable bonds is 8. The van der Waals surface area contributed by atoms with E-state index in [9.17, 15) is 9.59 Å². The van der Waals surface area contributed by atoms with Crippen molar-refractivity contribution in [2.24, 2.45) is 11.5 Å². The van der Waals surface area contributed by atoms with Crippen molar-refractivity contribution in [2.45, 2.75) is 24.9 Å². The minimum Gasteiger partial charge on any atom is -0.391 e. The molecule has 100 valence electrons. The molecule has 0 heterocycles. The number of esters is 2. The lowest BCUT2D eigenvalue weighted by Crippen LogP contribution is -2.40. The smallest absolute Gasteiger partial charge is 0.330 e. The van der Waals surface area contributed by atoms with Gasteiger partial charge >= 0.3 is 11.9 Å². The zero-order chi connectivity index (χ0) is 13.3. The van der Waals surface area contributed by atoms with Gasteiger partial charge in [-0.25, -0.2) is 9.59 Å². The van der Waals surface area contributed by atoms with Crippen LogP contribution in [0.5, 0.6) is 0 Å². The van der Waals surface area contributed by atoms with E-state index < -0.39 is 24.0 Å². The Morgan fingerprint density at radius 2 is 1.35 bits per heavy atom. The summed E-state index contributed by atoms with van der Waals surface area (Å²) in [5.74, 6) is 0.124. The van der Waals surface area contributed by atoms with Gasteiger partial charge in [0.25, 0.3) is 0 Å². The van der Waals surface area contributed by atoms with Crippen LogP contribution in [0.3, 0.4) is 0 Å². The van der Waals surface area contributed by atoms with Crippen molar-refractivity contribution < 1.29 is 14.3 Å². The molecule has 0 saturated carbocycles. The molecule has 0 saturated heterocycles. The van der Waals surface area contributed by atoms with Crippen molar-refractivity contribution in [3.8, 4) is 0 Å². The highest BCUT2D eigenvalue weighted by molar-refractivity contribution is 7.98. The second kappa shape index (κ2) is 9.76. The number of nitrogens with two attached hydrogens (primary N) is 2. The van der Waals surface area contributed by atoms with Crippen LogP contribution in [0.25, 0.3) is 0 Å². The molecule has 0 rings (SSSR count). The van der Waals surface area contributed by atoms with Crippen LogP contribution in [0.2, 0.25) is 0 Å². The van der Waals surface area contributed by atoms with Crippen molar-refractivity contribution in [1.82, 2.24) is 0 Å². The number of hydrogen-bond donors (Lipinski definition) is 2. The molecule has 2 atom stereocenters. The highest BCUT2D eigenvalue weighted by atomic mass is 32.2. The molecule has 0 amide bonds. The van der Waals surface area contributed by atoms with Crippen LogP contribution >= 0.6 is 23.5 Å². The Balaban J connectivity index is 3.97. The van der Waals surface area contributed by atoms with Gasteiger partial charge in [-0.05, 0) is 36.9 Å². The first-order valence-electron chi connectivity index (χ1n) is 5.27. The number of ether oxygens (including phenoxy) is 1. The predicted molar refractivity (Wildman–Crippen MR) is 73.0 cm³/mol. The highest BCUT2D eigenvalue weighted by Gasteiger charge is 2.22. The Kier molecular flexibility index (Phi) is 9.62. The number of hydrogen-bond acceptors (Lipinski definition) is 7. The van der Waals surface area contributed by atoms with Gasteiger partial charge in [-0.15, -0.1) is 0 Å².